The zero-order valence-electron chi connectivity index (χ0n) is 28.3. The lowest BCUT2D eigenvalue weighted by atomic mass is 9.82. The smallest absolute Gasteiger partial charge is 0.243 e. The number of hydrogen-bond acceptors (Lipinski definition) is 7. The average Bonchev–Trinajstić information content (AvgIpc) is 3.02. The molecule has 2 amide bonds. The van der Waals surface area contributed by atoms with E-state index >= 15 is 0 Å². The number of nitrogens with zero attached hydrogens (tertiary/aromatic N) is 1. The van der Waals surface area contributed by atoms with Crippen molar-refractivity contribution in [2.24, 2.45) is 17.8 Å². The molecule has 1 aromatic rings. The highest BCUT2D eigenvalue weighted by molar-refractivity contribution is 7.89. The summed E-state index contributed by atoms with van der Waals surface area (Å²) in [6.45, 7) is 7.47. The van der Waals surface area contributed by atoms with Crippen LogP contribution < -0.4 is 16.0 Å². The maximum absolute atomic E-state index is 13.8. The van der Waals surface area contributed by atoms with E-state index in [1.807, 2.05) is 51.1 Å². The number of rotatable bonds is 21. The van der Waals surface area contributed by atoms with Crippen molar-refractivity contribution in [2.45, 2.75) is 109 Å². The van der Waals surface area contributed by atoms with Gasteiger partial charge in [-0.05, 0) is 49.6 Å². The van der Waals surface area contributed by atoms with E-state index in [0.717, 1.165) is 50.6 Å². The van der Waals surface area contributed by atoms with Crippen LogP contribution in [-0.2, 0) is 26.0 Å². The fraction of sp³-hybridized carbons (Fsp3) is 0.714. The monoisotopic (exact) mass is 662 g/mol. The molecule has 1 aromatic carbocycles. The van der Waals surface area contributed by atoms with Gasteiger partial charge in [0.2, 0.25) is 21.8 Å². The number of aliphatic hydroxyl groups excluding tert-OH is 2. The fourth-order valence-electron chi connectivity index (χ4n) is 6.04. The molecular weight excluding hydrogens is 604 g/mol. The third-order valence-corrected chi connectivity index (χ3v) is 10.7. The van der Waals surface area contributed by atoms with E-state index in [4.69, 9.17) is 6.42 Å². The molecule has 1 aliphatic carbocycles. The van der Waals surface area contributed by atoms with Crippen molar-refractivity contribution >= 4 is 21.8 Å². The molecule has 46 heavy (non-hydrogen) atoms. The summed E-state index contributed by atoms with van der Waals surface area (Å²) in [7, 11) is -2.32. The van der Waals surface area contributed by atoms with Gasteiger partial charge in [-0.2, -0.15) is 0 Å². The molecule has 0 spiro atoms. The van der Waals surface area contributed by atoms with E-state index in [2.05, 4.69) is 21.9 Å². The highest BCUT2D eigenvalue weighted by atomic mass is 32.2. The number of likely N-dealkylation sites (N-methyl/N-ethyl adjacent to an activating group) is 1. The Labute approximate surface area is 277 Å². The second-order valence-corrected chi connectivity index (χ2v) is 15.4. The summed E-state index contributed by atoms with van der Waals surface area (Å²) in [6, 6.07) is 7.28. The largest absolute Gasteiger partial charge is 0.390 e. The predicted octanol–water partition coefficient (Wildman–Crippen LogP) is 2.84. The van der Waals surface area contributed by atoms with Gasteiger partial charge in [0, 0.05) is 26.6 Å². The third-order valence-electron chi connectivity index (χ3n) is 8.73. The van der Waals surface area contributed by atoms with Crippen LogP contribution in [0.2, 0.25) is 0 Å². The first-order valence-corrected chi connectivity index (χ1v) is 18.6. The molecule has 1 fully saturated rings. The highest BCUT2D eigenvalue weighted by Gasteiger charge is 2.35. The number of terminal acetylenes is 1. The third kappa shape index (κ3) is 14.1. The zero-order chi connectivity index (χ0) is 34.1. The number of amides is 2. The number of aliphatic hydroxyl groups is 2. The van der Waals surface area contributed by atoms with Gasteiger partial charge in [0.15, 0.2) is 0 Å². The van der Waals surface area contributed by atoms with Crippen molar-refractivity contribution in [3.63, 3.8) is 0 Å². The quantitative estimate of drug-likeness (QED) is 0.100. The molecule has 0 saturated heterocycles. The minimum absolute atomic E-state index is 0.119. The molecule has 5 N–H and O–H groups in total. The maximum atomic E-state index is 13.8. The molecule has 0 radical (unpaired) electrons. The Morgan fingerprint density at radius 1 is 1.04 bits per heavy atom. The van der Waals surface area contributed by atoms with Crippen LogP contribution in [-0.4, -0.2) is 91.5 Å². The van der Waals surface area contributed by atoms with E-state index in [0.29, 0.717) is 25.3 Å². The Morgan fingerprint density at radius 2 is 1.72 bits per heavy atom. The van der Waals surface area contributed by atoms with Crippen LogP contribution in [0.25, 0.3) is 0 Å². The van der Waals surface area contributed by atoms with Crippen molar-refractivity contribution in [3.05, 3.63) is 35.9 Å². The van der Waals surface area contributed by atoms with Crippen molar-refractivity contribution in [2.75, 3.05) is 32.4 Å². The van der Waals surface area contributed by atoms with Crippen LogP contribution in [0.4, 0.5) is 0 Å². The first-order chi connectivity index (χ1) is 21.9. The van der Waals surface area contributed by atoms with Crippen LogP contribution in [0, 0.1) is 30.1 Å². The van der Waals surface area contributed by atoms with Crippen LogP contribution >= 0.6 is 0 Å². The molecular formula is C35H58N4O6S. The van der Waals surface area contributed by atoms with Crippen molar-refractivity contribution < 1.29 is 28.2 Å². The predicted molar refractivity (Wildman–Crippen MR) is 183 cm³/mol. The maximum Gasteiger partial charge on any atom is 0.243 e. The fourth-order valence-corrected chi connectivity index (χ4v) is 7.44. The van der Waals surface area contributed by atoms with Crippen LogP contribution in [0.3, 0.4) is 0 Å². The van der Waals surface area contributed by atoms with Gasteiger partial charge in [0.1, 0.15) is 12.1 Å². The van der Waals surface area contributed by atoms with E-state index in [1.165, 1.54) is 11.4 Å². The number of carbonyl (C=O) groups is 2. The van der Waals surface area contributed by atoms with E-state index in [1.54, 1.807) is 0 Å². The molecule has 0 heterocycles. The number of hydrogen-bond donors (Lipinski definition) is 5. The van der Waals surface area contributed by atoms with Crippen molar-refractivity contribution in [1.29, 1.82) is 0 Å². The summed E-state index contributed by atoms with van der Waals surface area (Å²) in [6.07, 6.45) is 10.6. The number of carbonyl (C=O) groups excluding carboxylic acids is 2. The van der Waals surface area contributed by atoms with Gasteiger partial charge < -0.3 is 26.2 Å². The van der Waals surface area contributed by atoms with E-state index < -0.39 is 57.8 Å². The van der Waals surface area contributed by atoms with Gasteiger partial charge in [0.05, 0.1) is 23.8 Å². The first kappa shape index (κ1) is 39.7. The molecule has 1 saturated carbocycles. The topological polar surface area (TPSA) is 148 Å². The van der Waals surface area contributed by atoms with Crippen LogP contribution in [0.15, 0.2) is 30.3 Å². The molecule has 11 heteroatoms. The summed E-state index contributed by atoms with van der Waals surface area (Å²) in [5.74, 6) is 0.322. The zero-order valence-corrected chi connectivity index (χ0v) is 29.1. The Balaban J connectivity index is 2.24. The second-order valence-electron chi connectivity index (χ2n) is 13.2. The number of sulfonamides is 1. The first-order valence-electron chi connectivity index (χ1n) is 17.0. The Hall–Kier alpha value is -2.49. The van der Waals surface area contributed by atoms with E-state index in [-0.39, 0.29) is 25.3 Å². The summed E-state index contributed by atoms with van der Waals surface area (Å²) in [4.78, 5) is 27.4. The molecule has 0 bridgehead atoms. The normalized spacial score (nSPS) is 17.5. The SMILES string of the molecule is C#CC[C@H](NC(=O)C(Cc1ccccc1)CS(=O)(=O)N(C)CCNCCC)C(=O)NC(CC1CCCCC1)[C@@H](O)[C@@H](O)CC(C)C. The Morgan fingerprint density at radius 3 is 2.33 bits per heavy atom. The summed E-state index contributed by atoms with van der Waals surface area (Å²) >= 11 is 0. The van der Waals surface area contributed by atoms with Gasteiger partial charge in [-0.25, -0.2) is 12.7 Å². The summed E-state index contributed by atoms with van der Waals surface area (Å²) in [5.41, 5.74) is 0.790. The summed E-state index contributed by atoms with van der Waals surface area (Å²) in [5, 5.41) is 30.8. The second kappa shape index (κ2) is 20.7. The molecule has 260 valence electrons. The van der Waals surface area contributed by atoms with Gasteiger partial charge in [-0.15, -0.1) is 12.3 Å². The standard InChI is InChI=1S/C35H58N4O6S/c1-6-14-30(35(43)38-31(24-28-17-12-9-13-18-28)33(41)32(40)22-26(3)4)37-34(42)29(23-27-15-10-8-11-16-27)25-46(44,45)39(5)21-20-36-19-7-2/h1,8,10-11,15-16,26,28-33,36,40-41H,7,9,12-14,17-25H2,2-5H3,(H,37,42)(H,38,43)/t29?,30-,31?,32-,33+/m0/s1. The van der Waals surface area contributed by atoms with Gasteiger partial charge in [-0.1, -0.05) is 83.2 Å². The Kier molecular flexibility index (Phi) is 17.8. The highest BCUT2D eigenvalue weighted by Crippen LogP contribution is 2.29. The lowest BCUT2D eigenvalue weighted by Crippen LogP contribution is -2.56. The molecule has 10 nitrogen and oxygen atoms in total. The lowest BCUT2D eigenvalue weighted by Gasteiger charge is -2.33. The van der Waals surface area contributed by atoms with Gasteiger partial charge >= 0.3 is 0 Å². The van der Waals surface area contributed by atoms with Gasteiger partial charge in [0.25, 0.3) is 0 Å². The minimum atomic E-state index is -3.82. The van der Waals surface area contributed by atoms with Crippen molar-refractivity contribution in [3.8, 4) is 12.3 Å². The molecule has 2 unspecified atom stereocenters. The summed E-state index contributed by atoms with van der Waals surface area (Å²) < 4.78 is 28.0. The van der Waals surface area contributed by atoms with Gasteiger partial charge in [-0.3, -0.25) is 9.59 Å². The lowest BCUT2D eigenvalue weighted by molar-refractivity contribution is -0.132. The van der Waals surface area contributed by atoms with Crippen molar-refractivity contribution in [1.82, 2.24) is 20.3 Å². The molecule has 0 aromatic heterocycles. The Bertz CT molecular complexity index is 1180. The average molecular weight is 663 g/mol. The van der Waals surface area contributed by atoms with E-state index in [9.17, 15) is 28.2 Å². The minimum Gasteiger partial charge on any atom is -0.390 e. The molecule has 2 rings (SSSR count). The number of nitrogens with one attached hydrogen (secondary N) is 3. The number of benzene rings is 1. The molecule has 5 atom stereocenters. The van der Waals surface area contributed by atoms with Crippen LogP contribution in [0.1, 0.15) is 84.1 Å². The molecule has 1 aliphatic rings. The van der Waals surface area contributed by atoms with Crippen LogP contribution in [0.5, 0.6) is 0 Å². The molecule has 0 aliphatic heterocycles.